The van der Waals surface area contributed by atoms with Crippen molar-refractivity contribution in [1.29, 1.82) is 0 Å². The van der Waals surface area contributed by atoms with E-state index < -0.39 is 9.84 Å². The molecule has 0 aromatic carbocycles. The smallest absolute Gasteiger partial charge is 0.246 e. The molecule has 0 aromatic heterocycles. The maximum Gasteiger partial charge on any atom is 0.246 e. The van der Waals surface area contributed by atoms with Gasteiger partial charge in [0.15, 0.2) is 9.84 Å². The molecule has 0 saturated carbocycles. The summed E-state index contributed by atoms with van der Waals surface area (Å²) in [7, 11) is -2.91. The quantitative estimate of drug-likeness (QED) is 0.636. The second-order valence-corrected chi connectivity index (χ2v) is 5.58. The first kappa shape index (κ1) is 10.2. The van der Waals surface area contributed by atoms with E-state index in [4.69, 9.17) is 0 Å². The number of amides is 1. The maximum absolute atomic E-state index is 11.1. The first-order valence-corrected chi connectivity index (χ1v) is 5.89. The van der Waals surface area contributed by atoms with Gasteiger partial charge in [-0.2, -0.15) is 0 Å². The van der Waals surface area contributed by atoms with E-state index in [0.717, 1.165) is 0 Å². The molecule has 13 heavy (non-hydrogen) atoms. The van der Waals surface area contributed by atoms with E-state index >= 15 is 0 Å². The molecule has 0 aliphatic carbocycles. The summed E-state index contributed by atoms with van der Waals surface area (Å²) in [5, 5.41) is 2.62. The fourth-order valence-electron chi connectivity index (χ4n) is 1.22. The van der Waals surface area contributed by atoms with Crippen molar-refractivity contribution in [3.8, 4) is 0 Å². The standard InChI is InChI=1S/C8H13NO3S/c1-6(2)8(10)9-7-3-4-13(11,12)5-7/h7H,1,3-5H2,2H3,(H,9,10). The van der Waals surface area contributed by atoms with Crippen LogP contribution in [0.3, 0.4) is 0 Å². The molecule has 1 aliphatic rings. The second-order valence-electron chi connectivity index (χ2n) is 3.35. The van der Waals surface area contributed by atoms with Gasteiger partial charge in [-0.3, -0.25) is 4.79 Å². The molecule has 0 spiro atoms. The molecule has 4 nitrogen and oxygen atoms in total. The minimum Gasteiger partial charge on any atom is -0.349 e. The summed E-state index contributed by atoms with van der Waals surface area (Å²) in [5.74, 6) is -0.0257. The van der Waals surface area contributed by atoms with E-state index in [0.29, 0.717) is 12.0 Å². The molecule has 0 aromatic rings. The van der Waals surface area contributed by atoms with Gasteiger partial charge in [-0.25, -0.2) is 8.42 Å². The first-order valence-electron chi connectivity index (χ1n) is 4.07. The van der Waals surface area contributed by atoms with Crippen LogP contribution >= 0.6 is 0 Å². The molecule has 1 atom stereocenters. The van der Waals surface area contributed by atoms with Gasteiger partial charge in [0.05, 0.1) is 11.5 Å². The number of hydrogen-bond donors (Lipinski definition) is 1. The van der Waals surface area contributed by atoms with Crippen molar-refractivity contribution in [2.75, 3.05) is 11.5 Å². The molecule has 1 aliphatic heterocycles. The minimum atomic E-state index is -2.91. The van der Waals surface area contributed by atoms with Crippen LogP contribution in [-0.4, -0.2) is 31.9 Å². The maximum atomic E-state index is 11.1. The molecule has 1 heterocycles. The lowest BCUT2D eigenvalue weighted by atomic mass is 10.2. The highest BCUT2D eigenvalue weighted by Gasteiger charge is 2.28. The Bertz CT molecular complexity index is 331. The third-order valence-electron chi connectivity index (χ3n) is 1.96. The van der Waals surface area contributed by atoms with Crippen LogP contribution in [0.1, 0.15) is 13.3 Å². The number of hydrogen-bond acceptors (Lipinski definition) is 3. The lowest BCUT2D eigenvalue weighted by Gasteiger charge is -2.09. The topological polar surface area (TPSA) is 63.2 Å². The molecule has 1 amide bonds. The summed E-state index contributed by atoms with van der Waals surface area (Å²) in [6.45, 7) is 5.07. The van der Waals surface area contributed by atoms with Gasteiger partial charge in [0.2, 0.25) is 5.91 Å². The highest BCUT2D eigenvalue weighted by molar-refractivity contribution is 7.91. The number of carbonyl (C=O) groups excluding carboxylic acids is 1. The molecule has 5 heteroatoms. The average Bonchev–Trinajstić information content (AvgIpc) is 2.30. The summed E-state index contributed by atoms with van der Waals surface area (Å²) in [6, 6.07) is -0.228. The van der Waals surface area contributed by atoms with Gasteiger partial charge in [-0.15, -0.1) is 0 Å². The lowest BCUT2D eigenvalue weighted by Crippen LogP contribution is -2.35. The van der Waals surface area contributed by atoms with Crippen LogP contribution in [0.4, 0.5) is 0 Å². The SMILES string of the molecule is C=C(C)C(=O)NC1CCS(=O)(=O)C1. The van der Waals surface area contributed by atoms with Gasteiger partial charge in [0.1, 0.15) is 0 Å². The fraction of sp³-hybridized carbons (Fsp3) is 0.625. The van der Waals surface area contributed by atoms with Gasteiger partial charge >= 0.3 is 0 Å². The number of rotatable bonds is 2. The highest BCUT2D eigenvalue weighted by atomic mass is 32.2. The molecule has 1 unspecified atom stereocenters. The third-order valence-corrected chi connectivity index (χ3v) is 3.72. The zero-order chi connectivity index (χ0) is 10.1. The Morgan fingerprint density at radius 1 is 1.54 bits per heavy atom. The molecular formula is C8H13NO3S. The van der Waals surface area contributed by atoms with Gasteiger partial charge in [-0.05, 0) is 13.3 Å². The summed E-state index contributed by atoms with van der Waals surface area (Å²) in [6.07, 6.45) is 0.515. The minimum absolute atomic E-state index is 0.0615. The van der Waals surface area contributed by atoms with E-state index in [-0.39, 0.29) is 23.5 Å². The van der Waals surface area contributed by atoms with Crippen LogP contribution in [0.5, 0.6) is 0 Å². The summed E-state index contributed by atoms with van der Waals surface area (Å²) in [5.41, 5.74) is 0.407. The summed E-state index contributed by atoms with van der Waals surface area (Å²) < 4.78 is 22.0. The molecular weight excluding hydrogens is 190 g/mol. The number of sulfone groups is 1. The van der Waals surface area contributed by atoms with Gasteiger partial charge < -0.3 is 5.32 Å². The molecule has 74 valence electrons. The van der Waals surface area contributed by atoms with Crippen LogP contribution in [0.2, 0.25) is 0 Å². The van der Waals surface area contributed by atoms with E-state index in [1.165, 1.54) is 0 Å². The Morgan fingerprint density at radius 2 is 2.15 bits per heavy atom. The molecule has 1 fully saturated rings. The second kappa shape index (κ2) is 3.49. The Kier molecular flexibility index (Phi) is 2.75. The van der Waals surface area contributed by atoms with Crippen molar-refractivity contribution in [2.24, 2.45) is 0 Å². The van der Waals surface area contributed by atoms with Gasteiger partial charge in [0.25, 0.3) is 0 Å². The molecule has 1 rings (SSSR count). The molecule has 1 N–H and O–H groups in total. The lowest BCUT2D eigenvalue weighted by molar-refractivity contribution is -0.117. The van der Waals surface area contributed by atoms with E-state index in [9.17, 15) is 13.2 Å². The van der Waals surface area contributed by atoms with E-state index in [1.54, 1.807) is 6.92 Å². The van der Waals surface area contributed by atoms with Crippen LogP contribution in [0.25, 0.3) is 0 Å². The predicted molar refractivity (Wildman–Crippen MR) is 50.0 cm³/mol. The first-order chi connectivity index (χ1) is 5.91. The predicted octanol–water partition coefficient (Wildman–Crippen LogP) is -0.134. The van der Waals surface area contributed by atoms with Gasteiger partial charge in [0, 0.05) is 11.6 Å². The Balaban J connectivity index is 2.50. The summed E-state index contributed by atoms with van der Waals surface area (Å²) >= 11 is 0. The van der Waals surface area contributed by atoms with E-state index in [2.05, 4.69) is 11.9 Å². The monoisotopic (exact) mass is 203 g/mol. The summed E-state index contributed by atoms with van der Waals surface area (Å²) in [4.78, 5) is 11.1. The van der Waals surface area contributed by atoms with Gasteiger partial charge in [-0.1, -0.05) is 6.58 Å². The Labute approximate surface area is 77.9 Å². The van der Waals surface area contributed by atoms with Crippen molar-refractivity contribution >= 4 is 15.7 Å². The third kappa shape index (κ3) is 2.84. The van der Waals surface area contributed by atoms with Crippen molar-refractivity contribution in [1.82, 2.24) is 5.32 Å². The largest absolute Gasteiger partial charge is 0.349 e. The van der Waals surface area contributed by atoms with Crippen LogP contribution in [-0.2, 0) is 14.6 Å². The van der Waals surface area contributed by atoms with Crippen molar-refractivity contribution in [2.45, 2.75) is 19.4 Å². The molecule has 0 bridgehead atoms. The number of nitrogens with one attached hydrogen (secondary N) is 1. The van der Waals surface area contributed by atoms with Crippen molar-refractivity contribution in [3.05, 3.63) is 12.2 Å². The number of carbonyl (C=O) groups is 1. The Morgan fingerprint density at radius 3 is 2.54 bits per heavy atom. The normalized spacial score (nSPS) is 25.5. The van der Waals surface area contributed by atoms with Crippen molar-refractivity contribution < 1.29 is 13.2 Å². The zero-order valence-corrected chi connectivity index (χ0v) is 8.36. The van der Waals surface area contributed by atoms with Crippen LogP contribution in [0, 0.1) is 0 Å². The van der Waals surface area contributed by atoms with Crippen molar-refractivity contribution in [3.63, 3.8) is 0 Å². The zero-order valence-electron chi connectivity index (χ0n) is 7.54. The average molecular weight is 203 g/mol. The Hall–Kier alpha value is -0.840. The fourth-order valence-corrected chi connectivity index (χ4v) is 2.89. The highest BCUT2D eigenvalue weighted by Crippen LogP contribution is 2.11. The van der Waals surface area contributed by atoms with E-state index in [1.807, 2.05) is 0 Å². The van der Waals surface area contributed by atoms with Crippen LogP contribution < -0.4 is 5.32 Å². The van der Waals surface area contributed by atoms with Crippen LogP contribution in [0.15, 0.2) is 12.2 Å². The molecule has 0 radical (unpaired) electrons. The molecule has 1 saturated heterocycles.